The molecule has 0 aliphatic heterocycles. The summed E-state index contributed by atoms with van der Waals surface area (Å²) in [7, 11) is -3.27. The van der Waals surface area contributed by atoms with Gasteiger partial charge in [-0.1, -0.05) is 17.7 Å². The largest absolute Gasteiger partial charge is 0.340 e. The van der Waals surface area contributed by atoms with Crippen molar-refractivity contribution < 1.29 is 8.42 Å². The van der Waals surface area contributed by atoms with Gasteiger partial charge in [0.15, 0.2) is 0 Å². The molecule has 0 bridgehead atoms. The fraction of sp³-hybridized carbons (Fsp3) is 0.267. The van der Waals surface area contributed by atoms with Crippen LogP contribution in [0.25, 0.3) is 0 Å². The molecule has 21 heavy (non-hydrogen) atoms. The molecule has 2 aromatic rings. The summed E-state index contributed by atoms with van der Waals surface area (Å²) >= 11 is 0. The molecule has 0 unspecified atom stereocenters. The van der Waals surface area contributed by atoms with E-state index in [1.807, 2.05) is 26.0 Å². The van der Waals surface area contributed by atoms with Crippen LogP contribution < -0.4 is 10.0 Å². The highest BCUT2D eigenvalue weighted by Crippen LogP contribution is 2.21. The molecular formula is C15H19N3O2S. The monoisotopic (exact) mass is 305 g/mol. The Bertz CT molecular complexity index is 725. The molecule has 0 atom stereocenters. The molecule has 1 aromatic carbocycles. The van der Waals surface area contributed by atoms with Gasteiger partial charge >= 0.3 is 0 Å². The number of aromatic nitrogens is 1. The molecule has 0 saturated heterocycles. The number of aryl methyl sites for hydroxylation is 2. The lowest BCUT2D eigenvalue weighted by Gasteiger charge is -2.10. The van der Waals surface area contributed by atoms with E-state index in [1.165, 1.54) is 11.8 Å². The molecule has 112 valence electrons. The van der Waals surface area contributed by atoms with Gasteiger partial charge in [-0.05, 0) is 44.5 Å². The van der Waals surface area contributed by atoms with Crippen LogP contribution in [0.4, 0.5) is 17.2 Å². The predicted octanol–water partition coefficient (Wildman–Crippen LogP) is 3.20. The maximum atomic E-state index is 11.5. The van der Waals surface area contributed by atoms with Gasteiger partial charge in [0, 0.05) is 5.69 Å². The molecule has 1 heterocycles. The Morgan fingerprint density at radius 1 is 1.14 bits per heavy atom. The number of pyridine rings is 1. The lowest BCUT2D eigenvalue weighted by atomic mass is 10.1. The van der Waals surface area contributed by atoms with Gasteiger partial charge in [0.1, 0.15) is 5.82 Å². The average molecular weight is 305 g/mol. The molecule has 0 aliphatic rings. The van der Waals surface area contributed by atoms with E-state index in [9.17, 15) is 8.42 Å². The summed E-state index contributed by atoms with van der Waals surface area (Å²) in [4.78, 5) is 4.22. The second-order valence-electron chi connectivity index (χ2n) is 4.88. The molecule has 0 spiro atoms. The first-order valence-electron chi connectivity index (χ1n) is 6.70. The van der Waals surface area contributed by atoms with Crippen molar-refractivity contribution in [2.45, 2.75) is 20.8 Å². The first-order chi connectivity index (χ1) is 9.89. The van der Waals surface area contributed by atoms with Gasteiger partial charge in [0.2, 0.25) is 10.0 Å². The second kappa shape index (κ2) is 6.13. The minimum Gasteiger partial charge on any atom is -0.340 e. The Morgan fingerprint density at radius 2 is 1.90 bits per heavy atom. The molecule has 2 rings (SSSR count). The highest BCUT2D eigenvalue weighted by Gasteiger charge is 2.07. The maximum absolute atomic E-state index is 11.5. The molecule has 2 N–H and O–H groups in total. The number of hydrogen-bond donors (Lipinski definition) is 2. The first kappa shape index (κ1) is 15.3. The van der Waals surface area contributed by atoms with Crippen molar-refractivity contribution in [3.05, 3.63) is 47.7 Å². The third kappa shape index (κ3) is 4.19. The quantitative estimate of drug-likeness (QED) is 0.890. The van der Waals surface area contributed by atoms with E-state index in [2.05, 4.69) is 21.1 Å². The van der Waals surface area contributed by atoms with Crippen LogP contribution in [-0.2, 0) is 10.0 Å². The number of nitrogens with one attached hydrogen (secondary N) is 2. The standard InChI is InChI=1S/C15H19N3O2S/c1-4-21(19,20)18-13-6-8-15(16-10-13)17-14-7-5-11(2)9-12(14)3/h5-10,18H,4H2,1-3H3,(H,16,17). The number of rotatable bonds is 5. The molecule has 0 amide bonds. The van der Waals surface area contributed by atoms with Crippen molar-refractivity contribution in [2.24, 2.45) is 0 Å². The number of benzene rings is 1. The van der Waals surface area contributed by atoms with Crippen molar-refractivity contribution in [1.29, 1.82) is 0 Å². The summed E-state index contributed by atoms with van der Waals surface area (Å²) in [6.07, 6.45) is 1.50. The Kier molecular flexibility index (Phi) is 4.47. The van der Waals surface area contributed by atoms with Crippen LogP contribution >= 0.6 is 0 Å². The third-order valence-corrected chi connectivity index (χ3v) is 4.37. The summed E-state index contributed by atoms with van der Waals surface area (Å²) in [6, 6.07) is 9.55. The Labute approximate surface area is 125 Å². The molecule has 0 fully saturated rings. The van der Waals surface area contributed by atoms with Crippen molar-refractivity contribution in [2.75, 3.05) is 15.8 Å². The molecule has 0 saturated carbocycles. The molecule has 1 aromatic heterocycles. The van der Waals surface area contributed by atoms with E-state index in [0.717, 1.165) is 11.3 Å². The zero-order valence-electron chi connectivity index (χ0n) is 12.3. The van der Waals surface area contributed by atoms with Gasteiger partial charge in [-0.3, -0.25) is 4.72 Å². The molecule has 0 radical (unpaired) electrons. The third-order valence-electron chi connectivity index (χ3n) is 3.06. The van der Waals surface area contributed by atoms with Crippen LogP contribution in [0.3, 0.4) is 0 Å². The molecular weight excluding hydrogens is 286 g/mol. The Balaban J connectivity index is 2.12. The summed E-state index contributed by atoms with van der Waals surface area (Å²) in [6.45, 7) is 5.66. The van der Waals surface area contributed by atoms with Gasteiger partial charge < -0.3 is 5.32 Å². The van der Waals surface area contributed by atoms with Gasteiger partial charge in [0.05, 0.1) is 17.6 Å². The van der Waals surface area contributed by atoms with Crippen LogP contribution in [0, 0.1) is 13.8 Å². The average Bonchev–Trinajstić information content (AvgIpc) is 2.44. The smallest absolute Gasteiger partial charge is 0.232 e. The minimum absolute atomic E-state index is 0.0373. The van der Waals surface area contributed by atoms with Crippen LogP contribution in [0.2, 0.25) is 0 Å². The van der Waals surface area contributed by atoms with Gasteiger partial charge in [0.25, 0.3) is 0 Å². The highest BCUT2D eigenvalue weighted by molar-refractivity contribution is 7.92. The maximum Gasteiger partial charge on any atom is 0.232 e. The Hall–Kier alpha value is -2.08. The van der Waals surface area contributed by atoms with E-state index in [1.54, 1.807) is 19.1 Å². The van der Waals surface area contributed by atoms with Gasteiger partial charge in [-0.25, -0.2) is 13.4 Å². The summed E-state index contributed by atoms with van der Waals surface area (Å²) in [5.41, 5.74) is 3.78. The van der Waals surface area contributed by atoms with E-state index >= 15 is 0 Å². The van der Waals surface area contributed by atoms with Gasteiger partial charge in [-0.2, -0.15) is 0 Å². The van der Waals surface area contributed by atoms with Crippen molar-refractivity contribution >= 4 is 27.2 Å². The number of anilines is 3. The Morgan fingerprint density at radius 3 is 2.48 bits per heavy atom. The lowest BCUT2D eigenvalue weighted by Crippen LogP contribution is -2.14. The van der Waals surface area contributed by atoms with E-state index < -0.39 is 10.0 Å². The minimum atomic E-state index is -3.27. The fourth-order valence-electron chi connectivity index (χ4n) is 1.87. The topological polar surface area (TPSA) is 71.1 Å². The van der Waals surface area contributed by atoms with Crippen molar-refractivity contribution in [3.63, 3.8) is 0 Å². The summed E-state index contributed by atoms with van der Waals surface area (Å²) < 4.78 is 25.4. The number of sulfonamides is 1. The lowest BCUT2D eigenvalue weighted by molar-refractivity contribution is 0.602. The predicted molar refractivity (Wildman–Crippen MR) is 86.5 cm³/mol. The fourth-order valence-corrected chi connectivity index (χ4v) is 2.50. The summed E-state index contributed by atoms with van der Waals surface area (Å²) in [5, 5.41) is 3.22. The van der Waals surface area contributed by atoms with Crippen LogP contribution in [-0.4, -0.2) is 19.2 Å². The van der Waals surface area contributed by atoms with Crippen LogP contribution in [0.15, 0.2) is 36.5 Å². The first-order valence-corrected chi connectivity index (χ1v) is 8.35. The van der Waals surface area contributed by atoms with Crippen LogP contribution in [0.5, 0.6) is 0 Å². The van der Waals surface area contributed by atoms with E-state index in [-0.39, 0.29) is 5.75 Å². The number of nitrogens with zero attached hydrogens (tertiary/aromatic N) is 1. The second-order valence-corrected chi connectivity index (χ2v) is 6.89. The molecule has 6 heteroatoms. The SMILES string of the molecule is CCS(=O)(=O)Nc1ccc(Nc2ccc(C)cc2C)nc1. The zero-order chi connectivity index (χ0) is 15.5. The normalized spacial score (nSPS) is 11.2. The van der Waals surface area contributed by atoms with Gasteiger partial charge in [-0.15, -0.1) is 0 Å². The van der Waals surface area contributed by atoms with Crippen LogP contribution in [0.1, 0.15) is 18.1 Å². The molecule has 5 nitrogen and oxygen atoms in total. The molecule has 0 aliphatic carbocycles. The zero-order valence-corrected chi connectivity index (χ0v) is 13.2. The van der Waals surface area contributed by atoms with Crippen molar-refractivity contribution in [1.82, 2.24) is 4.98 Å². The number of hydrogen-bond acceptors (Lipinski definition) is 4. The highest BCUT2D eigenvalue weighted by atomic mass is 32.2. The van der Waals surface area contributed by atoms with E-state index in [4.69, 9.17) is 0 Å². The van der Waals surface area contributed by atoms with Crippen molar-refractivity contribution in [3.8, 4) is 0 Å². The van der Waals surface area contributed by atoms with E-state index in [0.29, 0.717) is 11.5 Å². The summed E-state index contributed by atoms with van der Waals surface area (Å²) in [5.74, 6) is 0.705.